The quantitative estimate of drug-likeness (QED) is 0.817. The smallest absolute Gasteiger partial charge is 0.238 e. The Morgan fingerprint density at radius 1 is 1.56 bits per heavy atom. The van der Waals surface area contributed by atoms with Crippen molar-refractivity contribution in [3.8, 4) is 5.75 Å². The average molecular weight is 226 g/mol. The second-order valence-electron chi connectivity index (χ2n) is 3.56. The zero-order valence-corrected chi connectivity index (χ0v) is 9.29. The van der Waals surface area contributed by atoms with Crippen LogP contribution in [0.25, 0.3) is 0 Å². The van der Waals surface area contributed by atoms with Crippen LogP contribution in [-0.2, 0) is 4.79 Å². The number of benzene rings is 1. The third-order valence-corrected chi connectivity index (χ3v) is 1.76. The van der Waals surface area contributed by atoms with Gasteiger partial charge in [0.05, 0.1) is 18.3 Å². The fourth-order valence-electron chi connectivity index (χ4n) is 1.16. The number of ether oxygens (including phenoxy) is 1. The van der Waals surface area contributed by atoms with Gasteiger partial charge in [0, 0.05) is 6.07 Å². The molecule has 16 heavy (non-hydrogen) atoms. The van der Waals surface area contributed by atoms with Crippen LogP contribution in [0, 0.1) is 5.82 Å². The summed E-state index contributed by atoms with van der Waals surface area (Å²) in [5, 5.41) is 2.48. The molecule has 0 spiro atoms. The number of amides is 1. The fourth-order valence-corrected chi connectivity index (χ4v) is 1.16. The first kappa shape index (κ1) is 12.4. The van der Waals surface area contributed by atoms with E-state index in [1.807, 2.05) is 13.8 Å². The maximum Gasteiger partial charge on any atom is 0.238 e. The predicted molar refractivity (Wildman–Crippen MR) is 59.8 cm³/mol. The molecular formula is C11H15FN2O2. The van der Waals surface area contributed by atoms with E-state index in [0.29, 0.717) is 11.4 Å². The number of rotatable bonds is 4. The molecule has 0 radical (unpaired) electrons. The van der Waals surface area contributed by atoms with Crippen LogP contribution in [0.5, 0.6) is 5.75 Å². The van der Waals surface area contributed by atoms with Crippen LogP contribution in [-0.4, -0.2) is 18.6 Å². The Bertz CT molecular complexity index is 380. The molecule has 0 saturated heterocycles. The molecule has 0 aliphatic rings. The Balaban J connectivity index is 2.93. The lowest BCUT2D eigenvalue weighted by molar-refractivity contribution is -0.114. The molecule has 0 bridgehead atoms. The summed E-state index contributed by atoms with van der Waals surface area (Å²) < 4.78 is 18.4. The molecule has 1 aromatic carbocycles. The zero-order valence-electron chi connectivity index (χ0n) is 9.29. The first-order chi connectivity index (χ1) is 7.52. The SMILES string of the molecule is CC(C)Oc1ccc(F)cc1NC(=O)CN. The van der Waals surface area contributed by atoms with Crippen molar-refractivity contribution in [2.24, 2.45) is 5.73 Å². The van der Waals surface area contributed by atoms with Crippen LogP contribution in [0.1, 0.15) is 13.8 Å². The lowest BCUT2D eigenvalue weighted by Crippen LogP contribution is -2.22. The predicted octanol–water partition coefficient (Wildman–Crippen LogP) is 1.51. The van der Waals surface area contributed by atoms with E-state index >= 15 is 0 Å². The molecule has 0 saturated carbocycles. The summed E-state index contributed by atoms with van der Waals surface area (Å²) in [6.45, 7) is 3.54. The fraction of sp³-hybridized carbons (Fsp3) is 0.364. The number of hydrogen-bond donors (Lipinski definition) is 2. The lowest BCUT2D eigenvalue weighted by atomic mass is 10.2. The molecule has 1 amide bonds. The molecule has 5 heteroatoms. The van der Waals surface area contributed by atoms with Gasteiger partial charge < -0.3 is 15.8 Å². The van der Waals surface area contributed by atoms with E-state index < -0.39 is 5.82 Å². The van der Waals surface area contributed by atoms with Gasteiger partial charge in [0.2, 0.25) is 5.91 Å². The summed E-state index contributed by atoms with van der Waals surface area (Å²) in [5.74, 6) is -0.402. The van der Waals surface area contributed by atoms with Gasteiger partial charge >= 0.3 is 0 Å². The van der Waals surface area contributed by atoms with Crippen LogP contribution in [0.3, 0.4) is 0 Å². The number of carbonyl (C=O) groups excluding carboxylic acids is 1. The second kappa shape index (κ2) is 5.46. The summed E-state index contributed by atoms with van der Waals surface area (Å²) in [4.78, 5) is 11.1. The largest absolute Gasteiger partial charge is 0.489 e. The van der Waals surface area contributed by atoms with Crippen molar-refractivity contribution in [1.82, 2.24) is 0 Å². The maximum absolute atomic E-state index is 13.0. The Kier molecular flexibility index (Phi) is 4.25. The van der Waals surface area contributed by atoms with Gasteiger partial charge in [0.15, 0.2) is 0 Å². The Morgan fingerprint density at radius 2 is 2.25 bits per heavy atom. The van der Waals surface area contributed by atoms with Crippen molar-refractivity contribution in [2.75, 3.05) is 11.9 Å². The third-order valence-electron chi connectivity index (χ3n) is 1.76. The molecule has 1 rings (SSSR count). The normalized spacial score (nSPS) is 10.3. The van der Waals surface area contributed by atoms with Crippen molar-refractivity contribution in [3.63, 3.8) is 0 Å². The Labute approximate surface area is 93.6 Å². The van der Waals surface area contributed by atoms with E-state index in [1.165, 1.54) is 18.2 Å². The van der Waals surface area contributed by atoms with E-state index in [0.717, 1.165) is 0 Å². The molecule has 0 aromatic heterocycles. The van der Waals surface area contributed by atoms with Gasteiger partial charge in [-0.25, -0.2) is 4.39 Å². The van der Waals surface area contributed by atoms with Gasteiger partial charge in [0.1, 0.15) is 11.6 Å². The summed E-state index contributed by atoms with van der Waals surface area (Å²) in [5.41, 5.74) is 5.46. The highest BCUT2D eigenvalue weighted by Gasteiger charge is 2.09. The van der Waals surface area contributed by atoms with Gasteiger partial charge in [-0.05, 0) is 26.0 Å². The molecule has 0 heterocycles. The molecule has 88 valence electrons. The molecule has 0 aliphatic carbocycles. The van der Waals surface area contributed by atoms with E-state index in [4.69, 9.17) is 10.5 Å². The van der Waals surface area contributed by atoms with Gasteiger partial charge in [0.25, 0.3) is 0 Å². The van der Waals surface area contributed by atoms with Gasteiger partial charge in [-0.2, -0.15) is 0 Å². The monoisotopic (exact) mass is 226 g/mol. The molecule has 4 nitrogen and oxygen atoms in total. The minimum atomic E-state index is -0.441. The van der Waals surface area contributed by atoms with Crippen molar-refractivity contribution in [1.29, 1.82) is 0 Å². The average Bonchev–Trinajstić information content (AvgIpc) is 2.21. The van der Waals surface area contributed by atoms with Crippen molar-refractivity contribution < 1.29 is 13.9 Å². The maximum atomic E-state index is 13.0. The first-order valence-corrected chi connectivity index (χ1v) is 4.99. The molecule has 0 aliphatic heterocycles. The minimum absolute atomic E-state index is 0.0565. The summed E-state index contributed by atoms with van der Waals surface area (Å²) in [6, 6.07) is 3.95. The summed E-state index contributed by atoms with van der Waals surface area (Å²) in [6.07, 6.45) is -0.0565. The van der Waals surface area contributed by atoms with Crippen LogP contribution < -0.4 is 15.8 Å². The summed E-state index contributed by atoms with van der Waals surface area (Å²) >= 11 is 0. The third kappa shape index (κ3) is 3.51. The van der Waals surface area contributed by atoms with Gasteiger partial charge in [-0.3, -0.25) is 4.79 Å². The van der Waals surface area contributed by atoms with E-state index in [-0.39, 0.29) is 18.6 Å². The number of nitrogens with one attached hydrogen (secondary N) is 1. The van der Waals surface area contributed by atoms with Crippen molar-refractivity contribution in [3.05, 3.63) is 24.0 Å². The topological polar surface area (TPSA) is 64.3 Å². The van der Waals surface area contributed by atoms with E-state index in [9.17, 15) is 9.18 Å². The molecule has 0 fully saturated rings. The highest BCUT2D eigenvalue weighted by Crippen LogP contribution is 2.26. The van der Waals surface area contributed by atoms with Gasteiger partial charge in [-0.1, -0.05) is 0 Å². The van der Waals surface area contributed by atoms with E-state index in [1.54, 1.807) is 0 Å². The lowest BCUT2D eigenvalue weighted by Gasteiger charge is -2.14. The van der Waals surface area contributed by atoms with Crippen LogP contribution in [0.2, 0.25) is 0 Å². The zero-order chi connectivity index (χ0) is 12.1. The van der Waals surface area contributed by atoms with Gasteiger partial charge in [-0.15, -0.1) is 0 Å². The Morgan fingerprint density at radius 3 is 2.81 bits per heavy atom. The molecule has 1 aromatic rings. The highest BCUT2D eigenvalue weighted by molar-refractivity contribution is 5.93. The minimum Gasteiger partial charge on any atom is -0.489 e. The van der Waals surface area contributed by atoms with Crippen LogP contribution in [0.4, 0.5) is 10.1 Å². The number of halogens is 1. The Hall–Kier alpha value is -1.62. The summed E-state index contributed by atoms with van der Waals surface area (Å²) in [7, 11) is 0. The van der Waals surface area contributed by atoms with Crippen LogP contribution in [0.15, 0.2) is 18.2 Å². The number of carbonyl (C=O) groups is 1. The standard InChI is InChI=1S/C11H15FN2O2/c1-7(2)16-10-4-3-8(12)5-9(10)14-11(15)6-13/h3-5,7H,6,13H2,1-2H3,(H,14,15). The number of hydrogen-bond acceptors (Lipinski definition) is 3. The van der Waals surface area contributed by atoms with Crippen LogP contribution >= 0.6 is 0 Å². The number of nitrogens with two attached hydrogens (primary N) is 1. The first-order valence-electron chi connectivity index (χ1n) is 4.99. The van der Waals surface area contributed by atoms with Crippen molar-refractivity contribution >= 4 is 11.6 Å². The van der Waals surface area contributed by atoms with Crippen molar-refractivity contribution in [2.45, 2.75) is 20.0 Å². The molecule has 0 atom stereocenters. The highest BCUT2D eigenvalue weighted by atomic mass is 19.1. The molecular weight excluding hydrogens is 211 g/mol. The number of anilines is 1. The molecule has 3 N–H and O–H groups in total. The molecule has 0 unspecified atom stereocenters. The van der Waals surface area contributed by atoms with E-state index in [2.05, 4.69) is 5.32 Å². The second-order valence-corrected chi connectivity index (χ2v) is 3.56.